The summed E-state index contributed by atoms with van der Waals surface area (Å²) >= 11 is 0. The van der Waals surface area contributed by atoms with Crippen molar-refractivity contribution in [1.82, 2.24) is 5.32 Å². The molecule has 0 saturated carbocycles. The molecule has 3 rings (SSSR count). The average molecular weight is 263 g/mol. The lowest BCUT2D eigenvalue weighted by Crippen LogP contribution is -2.62. The summed E-state index contributed by atoms with van der Waals surface area (Å²) in [5.74, 6) is -0.277. The van der Waals surface area contributed by atoms with Crippen molar-refractivity contribution in [2.45, 2.75) is 25.9 Å². The van der Waals surface area contributed by atoms with Crippen LogP contribution in [-0.4, -0.2) is 37.6 Å². The molecular formula is C14H18FN3O. The molecule has 1 aromatic carbocycles. The van der Waals surface area contributed by atoms with Crippen LogP contribution >= 0.6 is 0 Å². The van der Waals surface area contributed by atoms with Gasteiger partial charge < -0.3 is 15.1 Å². The Morgan fingerprint density at radius 1 is 1.37 bits per heavy atom. The first-order valence-electron chi connectivity index (χ1n) is 6.67. The molecule has 1 fully saturated rings. The number of nitrogens with one attached hydrogen (secondary N) is 1. The highest BCUT2D eigenvalue weighted by Gasteiger charge is 2.37. The molecule has 2 aliphatic heterocycles. The standard InChI is InChI=1S/C14H18FN3O/c1-9(2)17-8-11-6-16-7-14(19)18(11)13-5-10(15)3-4-12(13)17/h3-5,9,11,16H,6-8H2,1-2H3. The van der Waals surface area contributed by atoms with Crippen LogP contribution < -0.4 is 15.1 Å². The first kappa shape index (κ1) is 12.4. The molecular weight excluding hydrogens is 245 g/mol. The van der Waals surface area contributed by atoms with Gasteiger partial charge in [-0.1, -0.05) is 0 Å². The van der Waals surface area contributed by atoms with Gasteiger partial charge in [0.2, 0.25) is 5.91 Å². The zero-order chi connectivity index (χ0) is 13.6. The number of fused-ring (bicyclic) bond motifs is 3. The summed E-state index contributed by atoms with van der Waals surface area (Å²) in [4.78, 5) is 16.1. The Bertz CT molecular complexity index is 517. The highest BCUT2D eigenvalue weighted by Crippen LogP contribution is 2.37. The summed E-state index contributed by atoms with van der Waals surface area (Å²) in [6.45, 7) is 6.09. The molecule has 0 spiro atoms. The van der Waals surface area contributed by atoms with Gasteiger partial charge in [0, 0.05) is 19.1 Å². The van der Waals surface area contributed by atoms with Crippen molar-refractivity contribution in [2.24, 2.45) is 0 Å². The van der Waals surface area contributed by atoms with Gasteiger partial charge in [0.15, 0.2) is 0 Å². The van der Waals surface area contributed by atoms with Gasteiger partial charge in [0.25, 0.3) is 0 Å². The summed E-state index contributed by atoms with van der Waals surface area (Å²) in [7, 11) is 0. The Labute approximate surface area is 112 Å². The maximum absolute atomic E-state index is 13.5. The molecule has 19 heavy (non-hydrogen) atoms. The fraction of sp³-hybridized carbons (Fsp3) is 0.500. The number of rotatable bonds is 1. The second-order valence-electron chi connectivity index (χ2n) is 5.43. The van der Waals surface area contributed by atoms with Crippen LogP contribution in [-0.2, 0) is 4.79 Å². The molecule has 1 aromatic rings. The van der Waals surface area contributed by atoms with E-state index in [4.69, 9.17) is 0 Å². The largest absolute Gasteiger partial charge is 0.365 e. The molecule has 102 valence electrons. The fourth-order valence-corrected chi connectivity index (χ4v) is 2.95. The molecule has 5 heteroatoms. The van der Waals surface area contributed by atoms with Crippen LogP contribution in [0.4, 0.5) is 15.8 Å². The van der Waals surface area contributed by atoms with Crippen LogP contribution in [0.5, 0.6) is 0 Å². The van der Waals surface area contributed by atoms with Gasteiger partial charge in [0.05, 0.1) is 24.0 Å². The fourth-order valence-electron chi connectivity index (χ4n) is 2.95. The molecule has 0 aliphatic carbocycles. The van der Waals surface area contributed by atoms with Crippen LogP contribution in [0.15, 0.2) is 18.2 Å². The topological polar surface area (TPSA) is 35.6 Å². The van der Waals surface area contributed by atoms with Gasteiger partial charge in [-0.2, -0.15) is 0 Å². The molecule has 0 aromatic heterocycles. The minimum absolute atomic E-state index is 0.0199. The number of piperazine rings is 1. The summed E-state index contributed by atoms with van der Waals surface area (Å²) < 4.78 is 13.5. The number of carbonyl (C=O) groups is 1. The van der Waals surface area contributed by atoms with E-state index in [2.05, 4.69) is 24.1 Å². The van der Waals surface area contributed by atoms with E-state index < -0.39 is 0 Å². The van der Waals surface area contributed by atoms with E-state index in [1.165, 1.54) is 12.1 Å². The van der Waals surface area contributed by atoms with Crippen molar-refractivity contribution in [1.29, 1.82) is 0 Å². The highest BCUT2D eigenvalue weighted by atomic mass is 19.1. The SMILES string of the molecule is CC(C)N1CC2CNCC(=O)N2c2cc(F)ccc21. The maximum Gasteiger partial charge on any atom is 0.241 e. The summed E-state index contributed by atoms with van der Waals surface area (Å²) in [5, 5.41) is 3.13. The van der Waals surface area contributed by atoms with E-state index >= 15 is 0 Å². The molecule has 1 saturated heterocycles. The third-order valence-corrected chi connectivity index (χ3v) is 3.83. The predicted octanol–water partition coefficient (Wildman–Crippen LogP) is 1.36. The lowest BCUT2D eigenvalue weighted by Gasteiger charge is -2.47. The Kier molecular flexibility index (Phi) is 2.93. The van der Waals surface area contributed by atoms with Crippen LogP contribution in [0.3, 0.4) is 0 Å². The van der Waals surface area contributed by atoms with Crippen molar-refractivity contribution in [3.05, 3.63) is 24.0 Å². The molecule has 0 radical (unpaired) electrons. The summed E-state index contributed by atoms with van der Waals surface area (Å²) in [6, 6.07) is 5.11. The Hall–Kier alpha value is -1.62. The van der Waals surface area contributed by atoms with E-state index in [1.807, 2.05) is 0 Å². The molecule has 1 unspecified atom stereocenters. The van der Waals surface area contributed by atoms with Gasteiger partial charge in [-0.05, 0) is 32.0 Å². The van der Waals surface area contributed by atoms with Crippen molar-refractivity contribution < 1.29 is 9.18 Å². The lowest BCUT2D eigenvalue weighted by molar-refractivity contribution is -0.119. The Balaban J connectivity index is 2.11. The number of anilines is 2. The predicted molar refractivity (Wildman–Crippen MR) is 73.0 cm³/mol. The molecule has 0 bridgehead atoms. The molecule has 4 nitrogen and oxygen atoms in total. The van der Waals surface area contributed by atoms with E-state index in [1.54, 1.807) is 11.0 Å². The summed E-state index contributed by atoms with van der Waals surface area (Å²) in [6.07, 6.45) is 0. The lowest BCUT2D eigenvalue weighted by atomic mass is 10.0. The first-order valence-corrected chi connectivity index (χ1v) is 6.67. The average Bonchev–Trinajstić information content (AvgIpc) is 2.37. The number of hydrogen-bond acceptors (Lipinski definition) is 3. The maximum atomic E-state index is 13.5. The number of carbonyl (C=O) groups excluding carboxylic acids is 1. The number of benzene rings is 1. The monoisotopic (exact) mass is 263 g/mol. The highest BCUT2D eigenvalue weighted by molar-refractivity contribution is 6.00. The number of hydrogen-bond donors (Lipinski definition) is 1. The van der Waals surface area contributed by atoms with Gasteiger partial charge in [-0.15, -0.1) is 0 Å². The number of nitrogens with zero attached hydrogens (tertiary/aromatic N) is 2. The first-order chi connectivity index (χ1) is 9.08. The van der Waals surface area contributed by atoms with Gasteiger partial charge >= 0.3 is 0 Å². The minimum Gasteiger partial charge on any atom is -0.365 e. The second kappa shape index (κ2) is 4.49. The third-order valence-electron chi connectivity index (χ3n) is 3.83. The van der Waals surface area contributed by atoms with Crippen LogP contribution in [0, 0.1) is 5.82 Å². The molecule has 1 N–H and O–H groups in total. The van der Waals surface area contributed by atoms with Crippen molar-refractivity contribution in [3.63, 3.8) is 0 Å². The number of halogens is 1. The third kappa shape index (κ3) is 1.98. The zero-order valence-corrected chi connectivity index (χ0v) is 11.2. The smallest absolute Gasteiger partial charge is 0.241 e. The molecule has 2 heterocycles. The Morgan fingerprint density at radius 2 is 2.16 bits per heavy atom. The Morgan fingerprint density at radius 3 is 2.89 bits per heavy atom. The quantitative estimate of drug-likeness (QED) is 0.831. The zero-order valence-electron chi connectivity index (χ0n) is 11.2. The molecule has 1 atom stereocenters. The van der Waals surface area contributed by atoms with E-state index in [-0.39, 0.29) is 17.8 Å². The van der Waals surface area contributed by atoms with Crippen molar-refractivity contribution in [2.75, 3.05) is 29.4 Å². The van der Waals surface area contributed by atoms with Crippen molar-refractivity contribution in [3.8, 4) is 0 Å². The van der Waals surface area contributed by atoms with E-state index in [0.29, 0.717) is 18.3 Å². The van der Waals surface area contributed by atoms with Gasteiger partial charge in [-0.25, -0.2) is 4.39 Å². The molecule has 2 aliphatic rings. The minimum atomic E-state index is -0.297. The van der Waals surface area contributed by atoms with Gasteiger partial charge in [-0.3, -0.25) is 4.79 Å². The van der Waals surface area contributed by atoms with Crippen molar-refractivity contribution >= 4 is 17.3 Å². The normalized spacial score (nSPS) is 22.5. The van der Waals surface area contributed by atoms with E-state index in [9.17, 15) is 9.18 Å². The number of amides is 1. The second-order valence-corrected chi connectivity index (χ2v) is 5.43. The van der Waals surface area contributed by atoms with Gasteiger partial charge in [0.1, 0.15) is 5.82 Å². The van der Waals surface area contributed by atoms with Crippen LogP contribution in [0.2, 0.25) is 0 Å². The van der Waals surface area contributed by atoms with E-state index in [0.717, 1.165) is 18.8 Å². The van der Waals surface area contributed by atoms with Crippen LogP contribution in [0.1, 0.15) is 13.8 Å². The summed E-state index contributed by atoms with van der Waals surface area (Å²) in [5.41, 5.74) is 1.65. The molecule has 1 amide bonds. The van der Waals surface area contributed by atoms with Crippen LogP contribution in [0.25, 0.3) is 0 Å².